The van der Waals surface area contributed by atoms with Crippen LogP contribution in [-0.2, 0) is 0 Å². The third-order valence-electron chi connectivity index (χ3n) is 2.98. The van der Waals surface area contributed by atoms with Crippen molar-refractivity contribution in [3.8, 4) is 0 Å². The summed E-state index contributed by atoms with van der Waals surface area (Å²) in [5.41, 5.74) is 8.75. The van der Waals surface area contributed by atoms with Gasteiger partial charge in [0.2, 0.25) is 0 Å². The number of hydrogen-bond donors (Lipinski definition) is 0. The first-order valence-electron chi connectivity index (χ1n) is 6.07. The van der Waals surface area contributed by atoms with E-state index in [2.05, 4.69) is 38.4 Å². The molecule has 0 saturated heterocycles. The third-order valence-corrected chi connectivity index (χ3v) is 2.98. The minimum atomic E-state index is 1.04. The molecule has 0 aromatic heterocycles. The number of benzene rings is 1. The van der Waals surface area contributed by atoms with Crippen LogP contribution in [0.3, 0.4) is 0 Å². The second-order valence-electron chi connectivity index (χ2n) is 5.03. The number of hydrogen-bond acceptors (Lipinski definition) is 0. The lowest BCUT2D eigenvalue weighted by molar-refractivity contribution is 1.41. The molecule has 0 spiro atoms. The van der Waals surface area contributed by atoms with Gasteiger partial charge in [0.25, 0.3) is 0 Å². The topological polar surface area (TPSA) is 0 Å². The third kappa shape index (κ3) is 2.53. The zero-order valence-electron chi connectivity index (χ0n) is 12.0. The molecule has 0 radical (unpaired) electrons. The summed E-state index contributed by atoms with van der Waals surface area (Å²) in [6.07, 6.45) is 0. The van der Waals surface area contributed by atoms with Gasteiger partial charge in [-0.2, -0.15) is 0 Å². The van der Waals surface area contributed by atoms with Crippen molar-refractivity contribution in [1.29, 1.82) is 0 Å². The van der Waals surface area contributed by atoms with Gasteiger partial charge in [0, 0.05) is 0 Å². The molecule has 0 unspecified atom stereocenters. The molecule has 0 aliphatic rings. The Bertz CT molecular complexity index is 503. The Morgan fingerprint density at radius 2 is 0.889 bits per heavy atom. The highest BCUT2D eigenvalue weighted by atomic mass is 14.2. The average molecular weight is 238 g/mol. The molecule has 0 amide bonds. The standard InChI is InChI=1S/C18H22/c1-11(2)15-9-10-16(12(3)4)18(14(7)8)17(15)13(5)6/h9-10H,1,3,5,7H2,2,4,6,8H3. The summed E-state index contributed by atoms with van der Waals surface area (Å²) in [7, 11) is 0. The molecule has 0 bridgehead atoms. The Labute approximate surface area is 111 Å². The molecule has 0 nitrogen and oxygen atoms in total. The molecule has 1 aromatic rings. The molecule has 18 heavy (non-hydrogen) atoms. The van der Waals surface area contributed by atoms with Gasteiger partial charge in [-0.3, -0.25) is 0 Å². The summed E-state index contributed by atoms with van der Waals surface area (Å²) in [6.45, 7) is 24.4. The van der Waals surface area contributed by atoms with E-state index in [-0.39, 0.29) is 0 Å². The monoisotopic (exact) mass is 238 g/mol. The fourth-order valence-electron chi connectivity index (χ4n) is 2.20. The molecule has 94 valence electrons. The normalized spacial score (nSPS) is 10.0. The van der Waals surface area contributed by atoms with E-state index in [4.69, 9.17) is 0 Å². The van der Waals surface area contributed by atoms with Crippen LogP contribution >= 0.6 is 0 Å². The molecule has 1 rings (SSSR count). The Balaban J connectivity index is 3.82. The van der Waals surface area contributed by atoms with E-state index in [0.717, 1.165) is 44.5 Å². The highest BCUT2D eigenvalue weighted by molar-refractivity contribution is 5.90. The van der Waals surface area contributed by atoms with Crippen molar-refractivity contribution in [2.75, 3.05) is 0 Å². The van der Waals surface area contributed by atoms with E-state index in [1.54, 1.807) is 0 Å². The van der Waals surface area contributed by atoms with Crippen molar-refractivity contribution >= 4 is 22.3 Å². The number of allylic oxidation sites excluding steroid dienone is 4. The van der Waals surface area contributed by atoms with E-state index in [9.17, 15) is 0 Å². The maximum Gasteiger partial charge on any atom is -0.00770 e. The largest absolute Gasteiger partial charge is 0.0955 e. The van der Waals surface area contributed by atoms with Crippen molar-refractivity contribution < 1.29 is 0 Å². The smallest absolute Gasteiger partial charge is 0.00770 e. The fourth-order valence-corrected chi connectivity index (χ4v) is 2.20. The van der Waals surface area contributed by atoms with Gasteiger partial charge in [0.1, 0.15) is 0 Å². The molecule has 0 heterocycles. The van der Waals surface area contributed by atoms with Gasteiger partial charge in [-0.15, -0.1) is 0 Å². The molecule has 0 aliphatic heterocycles. The van der Waals surface area contributed by atoms with E-state index < -0.39 is 0 Å². The Kier molecular flexibility index (Phi) is 4.13. The summed E-state index contributed by atoms with van der Waals surface area (Å²) >= 11 is 0. The molecule has 0 N–H and O–H groups in total. The lowest BCUT2D eigenvalue weighted by Crippen LogP contribution is -1.99. The Morgan fingerprint density at radius 1 is 0.611 bits per heavy atom. The summed E-state index contributed by atoms with van der Waals surface area (Å²) < 4.78 is 0. The van der Waals surface area contributed by atoms with Crippen molar-refractivity contribution in [3.05, 3.63) is 60.7 Å². The van der Waals surface area contributed by atoms with Crippen molar-refractivity contribution in [2.24, 2.45) is 0 Å². The number of rotatable bonds is 4. The van der Waals surface area contributed by atoms with Gasteiger partial charge in [-0.05, 0) is 61.1 Å². The van der Waals surface area contributed by atoms with Crippen LogP contribution in [0.25, 0.3) is 22.3 Å². The van der Waals surface area contributed by atoms with Gasteiger partial charge >= 0.3 is 0 Å². The second-order valence-corrected chi connectivity index (χ2v) is 5.03. The van der Waals surface area contributed by atoms with Crippen molar-refractivity contribution in [2.45, 2.75) is 27.7 Å². The summed E-state index contributed by atoms with van der Waals surface area (Å²) in [5.74, 6) is 0. The maximum atomic E-state index is 4.10. The minimum Gasteiger partial charge on any atom is -0.0955 e. The van der Waals surface area contributed by atoms with Crippen LogP contribution in [0.15, 0.2) is 38.4 Å². The predicted molar refractivity (Wildman–Crippen MR) is 85.3 cm³/mol. The quantitative estimate of drug-likeness (QED) is 0.620. The summed E-state index contributed by atoms with van der Waals surface area (Å²) in [4.78, 5) is 0. The average Bonchev–Trinajstić information content (AvgIpc) is 2.26. The van der Waals surface area contributed by atoms with Crippen LogP contribution < -0.4 is 0 Å². The highest BCUT2D eigenvalue weighted by Crippen LogP contribution is 2.35. The highest BCUT2D eigenvalue weighted by Gasteiger charge is 2.15. The van der Waals surface area contributed by atoms with E-state index >= 15 is 0 Å². The first-order chi connectivity index (χ1) is 8.27. The van der Waals surface area contributed by atoms with E-state index in [0.29, 0.717) is 0 Å². The van der Waals surface area contributed by atoms with Gasteiger partial charge in [-0.1, -0.05) is 49.6 Å². The lowest BCUT2D eigenvalue weighted by atomic mass is 9.85. The van der Waals surface area contributed by atoms with Crippen molar-refractivity contribution in [1.82, 2.24) is 0 Å². The second kappa shape index (κ2) is 5.22. The molecule has 0 fully saturated rings. The van der Waals surface area contributed by atoms with E-state index in [1.165, 1.54) is 0 Å². The van der Waals surface area contributed by atoms with Crippen molar-refractivity contribution in [3.63, 3.8) is 0 Å². The Morgan fingerprint density at radius 3 is 1.06 bits per heavy atom. The van der Waals surface area contributed by atoms with E-state index in [1.807, 2.05) is 27.7 Å². The molecule has 0 aliphatic carbocycles. The maximum absolute atomic E-state index is 4.10. The summed E-state index contributed by atoms with van der Waals surface area (Å²) in [6, 6.07) is 4.20. The van der Waals surface area contributed by atoms with Crippen LogP contribution in [0, 0.1) is 0 Å². The van der Waals surface area contributed by atoms with Crippen LogP contribution in [0.5, 0.6) is 0 Å². The molecule has 0 heteroatoms. The Hall–Kier alpha value is -1.82. The van der Waals surface area contributed by atoms with Crippen LogP contribution in [-0.4, -0.2) is 0 Å². The SMILES string of the molecule is C=C(C)c1ccc(C(=C)C)c(C(=C)C)c1C(=C)C. The van der Waals surface area contributed by atoms with Gasteiger partial charge in [0.05, 0.1) is 0 Å². The zero-order valence-corrected chi connectivity index (χ0v) is 12.0. The van der Waals surface area contributed by atoms with Gasteiger partial charge in [-0.25, -0.2) is 0 Å². The molecular formula is C18H22. The molecular weight excluding hydrogens is 216 g/mol. The van der Waals surface area contributed by atoms with Gasteiger partial charge in [0.15, 0.2) is 0 Å². The van der Waals surface area contributed by atoms with Crippen LogP contribution in [0.2, 0.25) is 0 Å². The van der Waals surface area contributed by atoms with Gasteiger partial charge < -0.3 is 0 Å². The lowest BCUT2D eigenvalue weighted by Gasteiger charge is -2.19. The first-order valence-corrected chi connectivity index (χ1v) is 6.07. The predicted octanol–water partition coefficient (Wildman–Crippen LogP) is 5.82. The zero-order chi connectivity index (χ0) is 14.0. The molecule has 1 aromatic carbocycles. The summed E-state index contributed by atoms with van der Waals surface area (Å²) in [5, 5.41) is 0. The van der Waals surface area contributed by atoms with Crippen LogP contribution in [0.4, 0.5) is 0 Å². The molecule has 0 atom stereocenters. The first kappa shape index (κ1) is 14.2. The van der Waals surface area contributed by atoms with Crippen LogP contribution in [0.1, 0.15) is 49.9 Å². The minimum absolute atomic E-state index is 1.04. The molecule has 0 saturated carbocycles. The fraction of sp³-hybridized carbons (Fsp3) is 0.222.